The van der Waals surface area contributed by atoms with Gasteiger partial charge in [-0.05, 0) is 45.2 Å². The van der Waals surface area contributed by atoms with Crippen LogP contribution in [0.25, 0.3) is 16.6 Å². The topological polar surface area (TPSA) is 55.6 Å². The third-order valence-electron chi connectivity index (χ3n) is 3.62. The molecular formula is C15H17N5. The maximum absolute atomic E-state index is 4.38. The molecule has 0 saturated carbocycles. The predicted molar refractivity (Wildman–Crippen MR) is 78.9 cm³/mol. The van der Waals surface area contributed by atoms with Crippen LogP contribution in [0.5, 0.6) is 0 Å². The van der Waals surface area contributed by atoms with Crippen LogP contribution in [0.15, 0.2) is 36.5 Å². The van der Waals surface area contributed by atoms with Gasteiger partial charge in [0.25, 0.3) is 0 Å². The van der Waals surface area contributed by atoms with E-state index in [-0.39, 0.29) is 6.04 Å². The average molecular weight is 267 g/mol. The van der Waals surface area contributed by atoms with Gasteiger partial charge in [-0.15, -0.1) is 5.10 Å². The van der Waals surface area contributed by atoms with E-state index >= 15 is 0 Å². The van der Waals surface area contributed by atoms with Crippen molar-refractivity contribution in [2.45, 2.75) is 19.9 Å². The molecule has 3 rings (SSSR count). The van der Waals surface area contributed by atoms with Crippen molar-refractivity contribution in [3.8, 4) is 5.69 Å². The summed E-state index contributed by atoms with van der Waals surface area (Å²) in [5.41, 5.74) is 3.98. The van der Waals surface area contributed by atoms with E-state index in [4.69, 9.17) is 0 Å². The van der Waals surface area contributed by atoms with Crippen LogP contribution in [0.3, 0.4) is 0 Å². The molecule has 2 aromatic heterocycles. The van der Waals surface area contributed by atoms with Gasteiger partial charge in [0, 0.05) is 11.6 Å². The lowest BCUT2D eigenvalue weighted by atomic mass is 10.1. The van der Waals surface area contributed by atoms with E-state index in [9.17, 15) is 0 Å². The summed E-state index contributed by atoms with van der Waals surface area (Å²) in [7, 11) is 1.92. The Bertz CT molecular complexity index is 742. The summed E-state index contributed by atoms with van der Waals surface area (Å²) >= 11 is 0. The SMILES string of the molecule is CNC(C)c1nnn(-c2cccc3ncccc23)c1C. The lowest BCUT2D eigenvalue weighted by molar-refractivity contribution is 0.627. The molecule has 1 unspecified atom stereocenters. The van der Waals surface area contributed by atoms with Crippen molar-refractivity contribution in [3.05, 3.63) is 47.9 Å². The van der Waals surface area contributed by atoms with Crippen LogP contribution in [0.2, 0.25) is 0 Å². The number of nitrogens with one attached hydrogen (secondary N) is 1. The van der Waals surface area contributed by atoms with Crippen molar-refractivity contribution < 1.29 is 0 Å². The zero-order valence-corrected chi connectivity index (χ0v) is 11.8. The van der Waals surface area contributed by atoms with Gasteiger partial charge < -0.3 is 5.32 Å². The standard InChI is InChI=1S/C15H17N5/c1-10(16-3)15-11(2)20(19-18-15)14-8-4-7-13-12(14)6-5-9-17-13/h4-10,16H,1-3H3. The molecule has 0 amide bonds. The highest BCUT2D eigenvalue weighted by atomic mass is 15.4. The normalized spacial score (nSPS) is 12.8. The quantitative estimate of drug-likeness (QED) is 0.791. The molecule has 20 heavy (non-hydrogen) atoms. The Balaban J connectivity index is 2.19. The first-order valence-corrected chi connectivity index (χ1v) is 6.66. The maximum Gasteiger partial charge on any atom is 0.103 e. The van der Waals surface area contributed by atoms with Crippen LogP contribution in [0, 0.1) is 6.92 Å². The van der Waals surface area contributed by atoms with Crippen LogP contribution in [0.4, 0.5) is 0 Å². The molecule has 0 aliphatic heterocycles. The van der Waals surface area contributed by atoms with Gasteiger partial charge in [0.1, 0.15) is 5.69 Å². The Labute approximate surface area is 117 Å². The Morgan fingerprint density at radius 2 is 2.05 bits per heavy atom. The third kappa shape index (κ3) is 1.96. The van der Waals surface area contributed by atoms with Crippen LogP contribution in [-0.2, 0) is 0 Å². The molecule has 0 aliphatic carbocycles. The molecule has 0 spiro atoms. The first-order valence-electron chi connectivity index (χ1n) is 6.66. The lowest BCUT2D eigenvalue weighted by Gasteiger charge is -2.09. The number of hydrogen-bond donors (Lipinski definition) is 1. The molecule has 1 aromatic carbocycles. The number of aromatic nitrogens is 4. The number of fused-ring (bicyclic) bond motifs is 1. The third-order valence-corrected chi connectivity index (χ3v) is 3.62. The highest BCUT2D eigenvalue weighted by molar-refractivity contribution is 5.86. The van der Waals surface area contributed by atoms with Gasteiger partial charge in [0.15, 0.2) is 0 Å². The van der Waals surface area contributed by atoms with Crippen LogP contribution >= 0.6 is 0 Å². The molecule has 0 fully saturated rings. The summed E-state index contributed by atoms with van der Waals surface area (Å²) in [6, 6.07) is 10.2. The molecule has 0 saturated heterocycles. The molecule has 5 heteroatoms. The summed E-state index contributed by atoms with van der Waals surface area (Å²) in [6.07, 6.45) is 1.80. The minimum absolute atomic E-state index is 0.178. The molecule has 2 heterocycles. The van der Waals surface area contributed by atoms with E-state index in [1.54, 1.807) is 6.20 Å². The minimum Gasteiger partial charge on any atom is -0.312 e. The highest BCUT2D eigenvalue weighted by Gasteiger charge is 2.16. The Morgan fingerprint density at radius 3 is 2.85 bits per heavy atom. The first-order chi connectivity index (χ1) is 9.72. The Hall–Kier alpha value is -2.27. The number of nitrogens with zero attached hydrogens (tertiary/aromatic N) is 4. The molecule has 0 bridgehead atoms. The van der Waals surface area contributed by atoms with E-state index in [0.29, 0.717) is 0 Å². The lowest BCUT2D eigenvalue weighted by Crippen LogP contribution is -2.14. The van der Waals surface area contributed by atoms with Gasteiger partial charge in [-0.3, -0.25) is 4.98 Å². The second-order valence-electron chi connectivity index (χ2n) is 4.83. The van der Waals surface area contributed by atoms with E-state index in [2.05, 4.69) is 33.6 Å². The van der Waals surface area contributed by atoms with Crippen molar-refractivity contribution in [1.29, 1.82) is 0 Å². The van der Waals surface area contributed by atoms with Gasteiger partial charge >= 0.3 is 0 Å². The number of hydrogen-bond acceptors (Lipinski definition) is 4. The van der Waals surface area contributed by atoms with Crippen LogP contribution in [0.1, 0.15) is 24.4 Å². The zero-order chi connectivity index (χ0) is 14.1. The van der Waals surface area contributed by atoms with E-state index in [1.165, 1.54) is 0 Å². The van der Waals surface area contributed by atoms with E-state index < -0.39 is 0 Å². The molecule has 5 nitrogen and oxygen atoms in total. The zero-order valence-electron chi connectivity index (χ0n) is 11.8. The fraction of sp³-hybridized carbons (Fsp3) is 0.267. The van der Waals surface area contributed by atoms with Gasteiger partial charge in [-0.2, -0.15) is 0 Å². The van der Waals surface area contributed by atoms with Gasteiger partial charge in [-0.25, -0.2) is 4.68 Å². The largest absolute Gasteiger partial charge is 0.312 e. The van der Waals surface area contributed by atoms with Gasteiger partial charge in [0.05, 0.1) is 22.9 Å². The molecule has 102 valence electrons. The van der Waals surface area contributed by atoms with Crippen molar-refractivity contribution in [3.63, 3.8) is 0 Å². The van der Waals surface area contributed by atoms with E-state index in [0.717, 1.165) is 28.0 Å². The molecule has 1 N–H and O–H groups in total. The smallest absolute Gasteiger partial charge is 0.103 e. The van der Waals surface area contributed by atoms with Gasteiger partial charge in [-0.1, -0.05) is 11.3 Å². The van der Waals surface area contributed by atoms with Crippen LogP contribution < -0.4 is 5.32 Å². The van der Waals surface area contributed by atoms with Crippen molar-refractivity contribution in [1.82, 2.24) is 25.3 Å². The van der Waals surface area contributed by atoms with Crippen LogP contribution in [-0.4, -0.2) is 27.0 Å². The average Bonchev–Trinajstić information content (AvgIpc) is 2.87. The van der Waals surface area contributed by atoms with Crippen molar-refractivity contribution in [2.24, 2.45) is 0 Å². The molecule has 1 atom stereocenters. The van der Waals surface area contributed by atoms with Crippen molar-refractivity contribution >= 4 is 10.9 Å². The van der Waals surface area contributed by atoms with E-state index in [1.807, 2.05) is 42.9 Å². The fourth-order valence-corrected chi connectivity index (χ4v) is 2.38. The van der Waals surface area contributed by atoms with Crippen molar-refractivity contribution in [2.75, 3.05) is 7.05 Å². The number of benzene rings is 1. The monoisotopic (exact) mass is 267 g/mol. The molecular weight excluding hydrogens is 250 g/mol. The molecule has 3 aromatic rings. The molecule has 0 aliphatic rings. The second-order valence-corrected chi connectivity index (χ2v) is 4.83. The number of rotatable bonds is 3. The summed E-state index contributed by atoms with van der Waals surface area (Å²) in [5.74, 6) is 0. The predicted octanol–water partition coefficient (Wildman–Crippen LogP) is 2.40. The minimum atomic E-state index is 0.178. The Morgan fingerprint density at radius 1 is 1.20 bits per heavy atom. The highest BCUT2D eigenvalue weighted by Crippen LogP contribution is 2.23. The maximum atomic E-state index is 4.38. The second kappa shape index (κ2) is 5.02. The summed E-state index contributed by atoms with van der Waals surface area (Å²) in [5, 5.41) is 12.9. The number of pyridine rings is 1. The summed E-state index contributed by atoms with van der Waals surface area (Å²) < 4.78 is 1.88. The fourth-order valence-electron chi connectivity index (χ4n) is 2.38. The Kier molecular flexibility index (Phi) is 3.20. The van der Waals surface area contributed by atoms with Gasteiger partial charge in [0.2, 0.25) is 0 Å². The summed E-state index contributed by atoms with van der Waals surface area (Å²) in [6.45, 7) is 4.12. The molecule has 0 radical (unpaired) electrons. The first kappa shape index (κ1) is 12.7. The summed E-state index contributed by atoms with van der Waals surface area (Å²) in [4.78, 5) is 4.38.